The lowest BCUT2D eigenvalue weighted by Crippen LogP contribution is -2.27. The zero-order valence-corrected chi connectivity index (χ0v) is 13.4. The number of nitrogens with zero attached hydrogens (tertiary/aromatic N) is 2. The van der Waals surface area contributed by atoms with Gasteiger partial charge >= 0.3 is 6.09 Å². The summed E-state index contributed by atoms with van der Waals surface area (Å²) in [4.78, 5) is 12.1. The second kappa shape index (κ2) is 4.66. The molecular formula is C12H12Br2N2O2. The molecule has 2 aromatic rings. The van der Waals surface area contributed by atoms with Crippen LogP contribution in [0.4, 0.5) is 4.79 Å². The number of halogens is 2. The minimum atomic E-state index is -0.552. The van der Waals surface area contributed by atoms with E-state index >= 15 is 0 Å². The van der Waals surface area contributed by atoms with Gasteiger partial charge in [0.1, 0.15) is 10.2 Å². The lowest BCUT2D eigenvalue weighted by atomic mass is 10.2. The molecule has 1 aromatic carbocycles. The second-order valence-corrected chi connectivity index (χ2v) is 6.42. The maximum Gasteiger partial charge on any atom is 0.435 e. The number of ether oxygens (including phenoxy) is 1. The molecule has 0 saturated heterocycles. The van der Waals surface area contributed by atoms with Crippen molar-refractivity contribution in [2.24, 2.45) is 0 Å². The van der Waals surface area contributed by atoms with Crippen LogP contribution in [-0.4, -0.2) is 21.5 Å². The Bertz CT molecular complexity index is 614. The van der Waals surface area contributed by atoms with E-state index in [-0.39, 0.29) is 0 Å². The van der Waals surface area contributed by atoms with E-state index < -0.39 is 11.7 Å². The summed E-state index contributed by atoms with van der Waals surface area (Å²) in [7, 11) is 0. The van der Waals surface area contributed by atoms with Crippen LogP contribution in [-0.2, 0) is 4.74 Å². The summed E-state index contributed by atoms with van der Waals surface area (Å²) in [6.07, 6.45) is -0.495. The summed E-state index contributed by atoms with van der Waals surface area (Å²) in [5.74, 6) is 0. The highest BCUT2D eigenvalue weighted by Gasteiger charge is 2.22. The molecule has 1 heterocycles. The van der Waals surface area contributed by atoms with Crippen molar-refractivity contribution >= 4 is 48.9 Å². The smallest absolute Gasteiger partial charge is 0.435 e. The molecule has 18 heavy (non-hydrogen) atoms. The van der Waals surface area contributed by atoms with Crippen molar-refractivity contribution in [2.45, 2.75) is 26.4 Å². The lowest BCUT2D eigenvalue weighted by Gasteiger charge is -2.19. The van der Waals surface area contributed by atoms with E-state index in [0.717, 1.165) is 9.86 Å². The first-order chi connectivity index (χ1) is 8.29. The van der Waals surface area contributed by atoms with E-state index in [9.17, 15) is 4.79 Å². The molecular weight excluding hydrogens is 364 g/mol. The Kier molecular flexibility index (Phi) is 3.51. The normalized spacial score (nSPS) is 11.8. The van der Waals surface area contributed by atoms with Crippen LogP contribution in [0.1, 0.15) is 20.8 Å². The molecule has 0 aliphatic heterocycles. The molecule has 0 unspecified atom stereocenters. The summed E-state index contributed by atoms with van der Waals surface area (Å²) < 4.78 is 7.99. The molecule has 0 radical (unpaired) electrons. The number of benzene rings is 1. The molecule has 0 spiro atoms. The Hall–Kier alpha value is -0.880. The van der Waals surface area contributed by atoms with E-state index in [0.29, 0.717) is 10.1 Å². The molecule has 2 rings (SSSR count). The van der Waals surface area contributed by atoms with Crippen LogP contribution in [0.3, 0.4) is 0 Å². The topological polar surface area (TPSA) is 44.1 Å². The third-order valence-electron chi connectivity index (χ3n) is 2.18. The minimum Gasteiger partial charge on any atom is -0.442 e. The number of carbonyl (C=O) groups excluding carboxylic acids is 1. The van der Waals surface area contributed by atoms with Gasteiger partial charge in [-0.1, -0.05) is 6.07 Å². The number of carbonyl (C=O) groups is 1. The van der Waals surface area contributed by atoms with Gasteiger partial charge in [0.15, 0.2) is 0 Å². The molecule has 0 bridgehead atoms. The lowest BCUT2D eigenvalue weighted by molar-refractivity contribution is 0.0522. The predicted molar refractivity (Wildman–Crippen MR) is 76.8 cm³/mol. The fourth-order valence-corrected chi connectivity index (χ4v) is 2.54. The van der Waals surface area contributed by atoms with Gasteiger partial charge in [0, 0.05) is 9.86 Å². The average Bonchev–Trinajstić information content (AvgIpc) is 2.56. The van der Waals surface area contributed by atoms with Crippen molar-refractivity contribution in [3.05, 3.63) is 27.3 Å². The molecule has 0 fully saturated rings. The first-order valence-electron chi connectivity index (χ1n) is 5.36. The Morgan fingerprint density at radius 2 is 2.00 bits per heavy atom. The van der Waals surface area contributed by atoms with Crippen LogP contribution in [0.25, 0.3) is 10.9 Å². The third kappa shape index (κ3) is 2.59. The van der Waals surface area contributed by atoms with Crippen molar-refractivity contribution in [1.29, 1.82) is 0 Å². The van der Waals surface area contributed by atoms with E-state index in [1.807, 2.05) is 39.0 Å². The molecule has 96 valence electrons. The van der Waals surface area contributed by atoms with Crippen LogP contribution in [0.5, 0.6) is 0 Å². The standard InChI is InChI=1S/C12H12Br2N2O2/c1-12(2,3)18-11(17)16-9-7(10(14)15-16)5-4-6-8(9)13/h4-6H,1-3H3. The van der Waals surface area contributed by atoms with Gasteiger partial charge in [-0.3, -0.25) is 0 Å². The number of fused-ring (bicyclic) bond motifs is 1. The molecule has 4 nitrogen and oxygen atoms in total. The van der Waals surface area contributed by atoms with E-state index in [4.69, 9.17) is 4.74 Å². The molecule has 0 saturated carbocycles. The van der Waals surface area contributed by atoms with Gasteiger partial charge in [0.05, 0.1) is 5.52 Å². The highest BCUT2D eigenvalue weighted by molar-refractivity contribution is 9.11. The highest BCUT2D eigenvalue weighted by Crippen LogP contribution is 2.29. The first kappa shape index (κ1) is 13.5. The third-order valence-corrected chi connectivity index (χ3v) is 3.40. The second-order valence-electron chi connectivity index (χ2n) is 4.82. The van der Waals surface area contributed by atoms with Gasteiger partial charge in [-0.25, -0.2) is 4.79 Å². The number of hydrogen-bond acceptors (Lipinski definition) is 3. The minimum absolute atomic E-state index is 0.495. The van der Waals surface area contributed by atoms with Gasteiger partial charge < -0.3 is 4.74 Å². The molecule has 0 aliphatic carbocycles. The predicted octanol–water partition coefficient (Wildman–Crippen LogP) is 4.34. The zero-order chi connectivity index (χ0) is 13.5. The van der Waals surface area contributed by atoms with Crippen LogP contribution in [0, 0.1) is 0 Å². The van der Waals surface area contributed by atoms with Crippen LogP contribution < -0.4 is 0 Å². The maximum atomic E-state index is 12.1. The van der Waals surface area contributed by atoms with E-state index in [2.05, 4.69) is 37.0 Å². The number of aromatic nitrogens is 2. The van der Waals surface area contributed by atoms with Crippen molar-refractivity contribution in [3.8, 4) is 0 Å². The quantitative estimate of drug-likeness (QED) is 0.687. The Balaban J connectivity index is 2.55. The van der Waals surface area contributed by atoms with E-state index in [1.165, 1.54) is 4.68 Å². The molecule has 0 amide bonds. The van der Waals surface area contributed by atoms with Gasteiger partial charge in [-0.05, 0) is 64.8 Å². The van der Waals surface area contributed by atoms with Gasteiger partial charge in [0.25, 0.3) is 0 Å². The van der Waals surface area contributed by atoms with Gasteiger partial charge in [-0.2, -0.15) is 9.78 Å². The van der Waals surface area contributed by atoms with Crippen molar-refractivity contribution in [3.63, 3.8) is 0 Å². The summed E-state index contributed by atoms with van der Waals surface area (Å²) in [6, 6.07) is 5.63. The summed E-state index contributed by atoms with van der Waals surface area (Å²) in [5, 5.41) is 5.02. The molecule has 0 N–H and O–H groups in total. The van der Waals surface area contributed by atoms with Crippen molar-refractivity contribution in [2.75, 3.05) is 0 Å². The summed E-state index contributed by atoms with van der Waals surface area (Å²) in [5.41, 5.74) is 0.141. The van der Waals surface area contributed by atoms with Gasteiger partial charge in [-0.15, -0.1) is 0 Å². The number of rotatable bonds is 0. The highest BCUT2D eigenvalue weighted by atomic mass is 79.9. The fraction of sp³-hybridized carbons (Fsp3) is 0.333. The number of para-hydroxylation sites is 1. The Morgan fingerprint density at radius 1 is 1.33 bits per heavy atom. The van der Waals surface area contributed by atoms with Crippen LogP contribution in [0.15, 0.2) is 27.3 Å². The fourth-order valence-electron chi connectivity index (χ4n) is 1.53. The van der Waals surface area contributed by atoms with Gasteiger partial charge in [0.2, 0.25) is 0 Å². The number of hydrogen-bond donors (Lipinski definition) is 0. The van der Waals surface area contributed by atoms with Crippen LogP contribution >= 0.6 is 31.9 Å². The largest absolute Gasteiger partial charge is 0.442 e. The van der Waals surface area contributed by atoms with Crippen molar-refractivity contribution < 1.29 is 9.53 Å². The Labute approximate surface area is 122 Å². The Morgan fingerprint density at radius 3 is 2.61 bits per heavy atom. The maximum absolute atomic E-state index is 12.1. The molecule has 0 atom stereocenters. The summed E-state index contributed by atoms with van der Waals surface area (Å²) >= 11 is 6.76. The monoisotopic (exact) mass is 374 g/mol. The SMILES string of the molecule is CC(C)(C)OC(=O)n1nc(Br)c2cccc(Br)c21. The molecule has 0 aliphatic rings. The van der Waals surface area contributed by atoms with Crippen LogP contribution in [0.2, 0.25) is 0 Å². The summed E-state index contributed by atoms with van der Waals surface area (Å²) in [6.45, 7) is 5.46. The molecule has 1 aromatic heterocycles. The molecule has 6 heteroatoms. The zero-order valence-electron chi connectivity index (χ0n) is 10.2. The van der Waals surface area contributed by atoms with E-state index in [1.54, 1.807) is 0 Å². The van der Waals surface area contributed by atoms with Crippen molar-refractivity contribution in [1.82, 2.24) is 9.78 Å². The first-order valence-corrected chi connectivity index (χ1v) is 6.94. The average molecular weight is 376 g/mol.